The van der Waals surface area contributed by atoms with Gasteiger partial charge in [-0.2, -0.15) is 0 Å². The lowest BCUT2D eigenvalue weighted by atomic mass is 9.52. The van der Waals surface area contributed by atoms with E-state index in [2.05, 4.69) is 41.5 Å². The number of carbonyl (C=O) groups is 2. The van der Waals surface area contributed by atoms with E-state index in [1.165, 1.54) is 0 Å². The molecule has 0 aromatic heterocycles. The number of aromatic hydroxyl groups is 1. The predicted molar refractivity (Wildman–Crippen MR) is 156 cm³/mol. The van der Waals surface area contributed by atoms with E-state index in [1.807, 2.05) is 42.5 Å². The van der Waals surface area contributed by atoms with Crippen LogP contribution in [0.3, 0.4) is 0 Å². The number of rotatable bonds is 7. The summed E-state index contributed by atoms with van der Waals surface area (Å²) in [6, 6.07) is 19.8. The van der Waals surface area contributed by atoms with Crippen LogP contribution in [-0.4, -0.2) is 60.1 Å². The topological polar surface area (TPSA) is 89.9 Å². The Morgan fingerprint density at radius 3 is 2.48 bits per heavy atom. The number of aliphatic hydroxyl groups excluding tert-OH is 1. The van der Waals surface area contributed by atoms with E-state index in [0.29, 0.717) is 30.1 Å². The Morgan fingerprint density at radius 1 is 1.05 bits per heavy atom. The fourth-order valence-electron chi connectivity index (χ4n) is 7.32. The lowest BCUT2D eigenvalue weighted by molar-refractivity contribution is 0.0311. The van der Waals surface area contributed by atoms with Crippen LogP contribution in [0, 0.1) is 11.8 Å². The van der Waals surface area contributed by atoms with Crippen LogP contribution in [0.1, 0.15) is 50.2 Å². The molecular formula is C34H36N2O4. The van der Waals surface area contributed by atoms with Crippen LogP contribution in [0.4, 0.5) is 0 Å². The zero-order valence-electron chi connectivity index (χ0n) is 22.8. The van der Waals surface area contributed by atoms with Gasteiger partial charge in [0.2, 0.25) is 0 Å². The van der Waals surface area contributed by atoms with Gasteiger partial charge in [0.1, 0.15) is 12.0 Å². The fraction of sp³-hybridized carbons (Fsp3) is 0.353. The molecule has 6 nitrogen and oxygen atoms in total. The zero-order valence-corrected chi connectivity index (χ0v) is 22.8. The molecule has 0 spiro atoms. The summed E-state index contributed by atoms with van der Waals surface area (Å²) >= 11 is 0. The molecule has 40 heavy (non-hydrogen) atoms. The van der Waals surface area contributed by atoms with E-state index in [4.69, 9.17) is 0 Å². The van der Waals surface area contributed by atoms with Gasteiger partial charge in [0.05, 0.1) is 5.56 Å². The number of aldehydes is 1. The lowest BCUT2D eigenvalue weighted by Crippen LogP contribution is -2.59. The molecular weight excluding hydrogens is 500 g/mol. The van der Waals surface area contributed by atoms with E-state index < -0.39 is 0 Å². The molecule has 3 aromatic rings. The monoisotopic (exact) mass is 536 g/mol. The van der Waals surface area contributed by atoms with E-state index in [0.717, 1.165) is 59.9 Å². The van der Waals surface area contributed by atoms with Crippen molar-refractivity contribution in [3.8, 4) is 16.9 Å². The van der Waals surface area contributed by atoms with E-state index in [9.17, 15) is 19.8 Å². The molecule has 3 N–H and O–H groups in total. The molecule has 2 aliphatic carbocycles. The number of phenolic OH excluding ortho intramolecular Hbond substituents is 1. The molecule has 0 radical (unpaired) electrons. The Bertz CT molecular complexity index is 1450. The number of likely N-dealkylation sites (tertiary alicyclic amines) is 1. The van der Waals surface area contributed by atoms with Gasteiger partial charge >= 0.3 is 0 Å². The highest BCUT2D eigenvalue weighted by atomic mass is 16.3. The highest BCUT2D eigenvalue weighted by molar-refractivity contribution is 5.97. The summed E-state index contributed by atoms with van der Waals surface area (Å²) in [7, 11) is 2.17. The van der Waals surface area contributed by atoms with E-state index in [1.54, 1.807) is 6.07 Å². The molecule has 0 saturated carbocycles. The summed E-state index contributed by atoms with van der Waals surface area (Å²) < 4.78 is 0. The largest absolute Gasteiger partial charge is 0.507 e. The maximum absolute atomic E-state index is 13.3. The van der Waals surface area contributed by atoms with Crippen LogP contribution in [-0.2, 0) is 18.3 Å². The second-order valence-corrected chi connectivity index (χ2v) is 11.7. The minimum Gasteiger partial charge on any atom is -0.507 e. The van der Waals surface area contributed by atoms with Crippen molar-refractivity contribution in [2.75, 3.05) is 26.7 Å². The van der Waals surface area contributed by atoms with Crippen LogP contribution in [0.5, 0.6) is 5.75 Å². The number of nitrogens with zero attached hydrogens (tertiary/aromatic N) is 1. The first-order valence-electron chi connectivity index (χ1n) is 14.2. The third kappa shape index (κ3) is 4.55. The number of piperidine rings is 1. The molecule has 4 atom stereocenters. The summed E-state index contributed by atoms with van der Waals surface area (Å²) in [5.74, 6) is 0.169. The highest BCUT2D eigenvalue weighted by Crippen LogP contribution is 2.57. The number of benzene rings is 3. The zero-order chi connectivity index (χ0) is 27.9. The van der Waals surface area contributed by atoms with Crippen LogP contribution in [0.15, 0.2) is 72.8 Å². The fourth-order valence-corrected chi connectivity index (χ4v) is 7.32. The van der Waals surface area contributed by atoms with E-state index >= 15 is 0 Å². The van der Waals surface area contributed by atoms with Gasteiger partial charge in [-0.3, -0.25) is 9.59 Å². The van der Waals surface area contributed by atoms with Gasteiger partial charge < -0.3 is 20.4 Å². The van der Waals surface area contributed by atoms with Crippen molar-refractivity contribution in [3.63, 3.8) is 0 Å². The molecule has 3 aliphatic rings. The molecule has 3 aromatic carbocycles. The Hall–Kier alpha value is -3.74. The number of phenols is 1. The molecule has 6 rings (SSSR count). The Balaban J connectivity index is 1.17. The van der Waals surface area contributed by atoms with Gasteiger partial charge in [-0.15, -0.1) is 0 Å². The van der Waals surface area contributed by atoms with Crippen molar-refractivity contribution in [2.45, 2.75) is 37.1 Å². The van der Waals surface area contributed by atoms with Crippen molar-refractivity contribution in [1.29, 1.82) is 0 Å². The van der Waals surface area contributed by atoms with Gasteiger partial charge in [0.25, 0.3) is 5.91 Å². The Morgan fingerprint density at radius 2 is 1.77 bits per heavy atom. The Labute approximate surface area is 235 Å². The average molecular weight is 537 g/mol. The maximum Gasteiger partial charge on any atom is 0.255 e. The normalized spacial score (nSPS) is 25.1. The molecule has 1 saturated heterocycles. The quantitative estimate of drug-likeness (QED) is 0.305. The minimum absolute atomic E-state index is 0.0604. The third-order valence-corrected chi connectivity index (χ3v) is 9.45. The van der Waals surface area contributed by atoms with Crippen molar-refractivity contribution in [1.82, 2.24) is 10.2 Å². The standard InChI is InChI=1S/C34H36N2O4/c1-36-17-15-34-19-24(21-38)6-13-29(34)30(36)18-27-11-12-28(32(39)31(27)34)33(40)35-16-14-22-2-7-25(8-3-22)26-9-4-23(20-37)5-10-26/h2-13,20,24,29-30,38-39H,14-19,21H2,1H3,(H,35,40)/t24?,29-,30+,34?/m0/s1. The first kappa shape index (κ1) is 26.5. The predicted octanol–water partition coefficient (Wildman–Crippen LogP) is 4.53. The number of carbonyl (C=O) groups excluding carboxylic acids is 2. The maximum atomic E-state index is 13.3. The van der Waals surface area contributed by atoms with Gasteiger partial charge in [0, 0.05) is 47.6 Å². The third-order valence-electron chi connectivity index (χ3n) is 9.45. The molecule has 6 heteroatoms. The summed E-state index contributed by atoms with van der Waals surface area (Å²) in [6.07, 6.45) is 8.44. The van der Waals surface area contributed by atoms with Gasteiger partial charge in [-0.05, 0) is 67.6 Å². The smallest absolute Gasteiger partial charge is 0.255 e. The van der Waals surface area contributed by atoms with Crippen LogP contribution in [0.25, 0.3) is 11.1 Å². The number of fused-ring (bicyclic) bond motifs is 1. The minimum atomic E-state index is -0.264. The molecule has 1 fully saturated rings. The second-order valence-electron chi connectivity index (χ2n) is 11.7. The summed E-state index contributed by atoms with van der Waals surface area (Å²) in [4.78, 5) is 26.6. The van der Waals surface area contributed by atoms with Crippen LogP contribution in [0.2, 0.25) is 0 Å². The Kier molecular flexibility index (Phi) is 7.07. The van der Waals surface area contributed by atoms with E-state index in [-0.39, 0.29) is 35.5 Å². The molecule has 1 amide bonds. The molecule has 2 bridgehead atoms. The summed E-state index contributed by atoms with van der Waals surface area (Å²) in [6.45, 7) is 1.49. The average Bonchev–Trinajstić information content (AvgIpc) is 2.99. The van der Waals surface area contributed by atoms with Gasteiger partial charge in [0.15, 0.2) is 0 Å². The first-order chi connectivity index (χ1) is 19.4. The van der Waals surface area contributed by atoms with Gasteiger partial charge in [-0.25, -0.2) is 0 Å². The summed E-state index contributed by atoms with van der Waals surface area (Å²) in [5, 5.41) is 24.6. The molecule has 2 unspecified atom stereocenters. The second kappa shape index (κ2) is 10.7. The van der Waals surface area contributed by atoms with Crippen LogP contribution >= 0.6 is 0 Å². The lowest BCUT2D eigenvalue weighted by Gasteiger charge is -2.57. The SMILES string of the molecule is CN1CCC23CC(CO)C=C[C@H]2[C@H]1Cc1ccc(C(=O)NCCc2ccc(-c4ccc(C=O)cc4)cc2)c(O)c13. The van der Waals surface area contributed by atoms with Crippen molar-refractivity contribution in [2.24, 2.45) is 11.8 Å². The number of hydrogen-bond donors (Lipinski definition) is 3. The first-order valence-corrected chi connectivity index (χ1v) is 14.2. The number of aliphatic hydroxyl groups is 1. The number of amides is 1. The van der Waals surface area contributed by atoms with Crippen molar-refractivity contribution in [3.05, 3.63) is 101 Å². The number of likely N-dealkylation sites (N-methyl/N-ethyl adjacent to an activating group) is 1. The van der Waals surface area contributed by atoms with Gasteiger partial charge in [-0.1, -0.05) is 66.7 Å². The highest BCUT2D eigenvalue weighted by Gasteiger charge is 2.54. The van der Waals surface area contributed by atoms with Crippen molar-refractivity contribution < 1.29 is 19.8 Å². The van der Waals surface area contributed by atoms with Crippen molar-refractivity contribution >= 4 is 12.2 Å². The number of hydrogen-bond acceptors (Lipinski definition) is 5. The molecule has 1 aliphatic heterocycles. The van der Waals surface area contributed by atoms with Crippen LogP contribution < -0.4 is 5.32 Å². The molecule has 1 heterocycles. The summed E-state index contributed by atoms with van der Waals surface area (Å²) in [5.41, 5.74) is 5.98. The molecule has 206 valence electrons. The number of nitrogens with one attached hydrogen (secondary N) is 1.